The largest absolute Gasteiger partial charge is 0.493 e. The van der Waals surface area contributed by atoms with Gasteiger partial charge in [-0.05, 0) is 92.1 Å². The lowest BCUT2D eigenvalue weighted by Gasteiger charge is -2.15. The van der Waals surface area contributed by atoms with Crippen LogP contribution in [0.1, 0.15) is 11.1 Å². The van der Waals surface area contributed by atoms with Crippen LogP contribution >= 0.6 is 50.1 Å². The number of halogens is 3. The molecule has 30 heavy (non-hydrogen) atoms. The SMILES string of the molecule is COc1cc(CNc2ccc(Br)c(Cl)c2)cc(I)c1OCc1ccc([N+](=O)[O-])cc1. The van der Waals surface area contributed by atoms with E-state index < -0.39 is 4.92 Å². The fourth-order valence-electron chi connectivity index (χ4n) is 2.69. The van der Waals surface area contributed by atoms with E-state index in [0.29, 0.717) is 23.1 Å². The van der Waals surface area contributed by atoms with Crippen LogP contribution in [0.5, 0.6) is 11.5 Å². The summed E-state index contributed by atoms with van der Waals surface area (Å²) in [6, 6.07) is 15.9. The van der Waals surface area contributed by atoms with Crippen molar-refractivity contribution in [3.05, 3.63) is 88.9 Å². The summed E-state index contributed by atoms with van der Waals surface area (Å²) in [5.41, 5.74) is 2.82. The molecule has 0 atom stereocenters. The zero-order valence-corrected chi connectivity index (χ0v) is 20.3. The molecule has 0 spiro atoms. The summed E-state index contributed by atoms with van der Waals surface area (Å²) in [5.74, 6) is 1.25. The summed E-state index contributed by atoms with van der Waals surface area (Å²) in [6.07, 6.45) is 0. The van der Waals surface area contributed by atoms with Crippen LogP contribution in [-0.2, 0) is 13.2 Å². The van der Waals surface area contributed by atoms with Crippen molar-refractivity contribution in [1.29, 1.82) is 0 Å². The number of hydrogen-bond acceptors (Lipinski definition) is 5. The molecule has 9 heteroatoms. The summed E-state index contributed by atoms with van der Waals surface area (Å²) in [6.45, 7) is 0.867. The molecular formula is C21H17BrClIN2O4. The van der Waals surface area contributed by atoms with Gasteiger partial charge in [0.15, 0.2) is 11.5 Å². The van der Waals surface area contributed by atoms with Gasteiger partial charge in [-0.25, -0.2) is 0 Å². The summed E-state index contributed by atoms with van der Waals surface area (Å²) in [7, 11) is 1.59. The van der Waals surface area contributed by atoms with Crippen molar-refractivity contribution >= 4 is 61.5 Å². The summed E-state index contributed by atoms with van der Waals surface area (Å²) >= 11 is 11.7. The first-order valence-corrected chi connectivity index (χ1v) is 11.0. The Labute approximate surface area is 201 Å². The van der Waals surface area contributed by atoms with Crippen molar-refractivity contribution in [2.45, 2.75) is 13.2 Å². The molecule has 0 aliphatic rings. The van der Waals surface area contributed by atoms with Gasteiger partial charge in [0, 0.05) is 28.8 Å². The normalized spacial score (nSPS) is 10.5. The number of nitro groups is 1. The van der Waals surface area contributed by atoms with Gasteiger partial charge in [0.25, 0.3) is 5.69 Å². The Morgan fingerprint density at radius 1 is 1.13 bits per heavy atom. The third-order valence-electron chi connectivity index (χ3n) is 4.24. The van der Waals surface area contributed by atoms with E-state index in [4.69, 9.17) is 21.1 Å². The van der Waals surface area contributed by atoms with Crippen molar-refractivity contribution in [3.8, 4) is 11.5 Å². The Balaban J connectivity index is 1.70. The number of rotatable bonds is 8. The molecule has 3 aromatic rings. The zero-order chi connectivity index (χ0) is 21.7. The van der Waals surface area contributed by atoms with E-state index >= 15 is 0 Å². The maximum atomic E-state index is 10.8. The number of nitrogens with one attached hydrogen (secondary N) is 1. The topological polar surface area (TPSA) is 73.6 Å². The lowest BCUT2D eigenvalue weighted by molar-refractivity contribution is -0.384. The molecule has 0 aliphatic carbocycles. The van der Waals surface area contributed by atoms with E-state index in [2.05, 4.69) is 43.8 Å². The summed E-state index contributed by atoms with van der Waals surface area (Å²) in [4.78, 5) is 10.3. The predicted molar refractivity (Wildman–Crippen MR) is 130 cm³/mol. The molecule has 3 rings (SSSR count). The molecular weight excluding hydrogens is 587 g/mol. The van der Waals surface area contributed by atoms with E-state index in [1.54, 1.807) is 19.2 Å². The quantitative estimate of drug-likeness (QED) is 0.174. The van der Waals surface area contributed by atoms with Gasteiger partial charge in [0.2, 0.25) is 0 Å². The smallest absolute Gasteiger partial charge is 0.269 e. The first kappa shape index (κ1) is 22.6. The number of benzene rings is 3. The Kier molecular flexibility index (Phi) is 7.79. The van der Waals surface area contributed by atoms with Crippen LogP contribution in [0.3, 0.4) is 0 Å². The second-order valence-corrected chi connectivity index (χ2v) is 8.73. The highest BCUT2D eigenvalue weighted by molar-refractivity contribution is 14.1. The van der Waals surface area contributed by atoms with Gasteiger partial charge in [-0.1, -0.05) is 11.6 Å². The molecule has 0 fully saturated rings. The average molecular weight is 604 g/mol. The second-order valence-electron chi connectivity index (χ2n) is 6.30. The van der Waals surface area contributed by atoms with E-state index in [0.717, 1.165) is 24.9 Å². The first-order chi connectivity index (χ1) is 14.4. The fraction of sp³-hybridized carbons (Fsp3) is 0.143. The van der Waals surface area contributed by atoms with Crippen LogP contribution < -0.4 is 14.8 Å². The Bertz CT molecular complexity index is 1060. The van der Waals surface area contributed by atoms with Crippen LogP contribution in [0.15, 0.2) is 59.1 Å². The number of methoxy groups -OCH3 is 1. The number of non-ortho nitro benzene ring substituents is 1. The van der Waals surface area contributed by atoms with Crippen LogP contribution in [0, 0.1) is 13.7 Å². The number of nitrogens with zero attached hydrogens (tertiary/aromatic N) is 1. The average Bonchev–Trinajstić information content (AvgIpc) is 2.73. The Morgan fingerprint density at radius 3 is 2.50 bits per heavy atom. The van der Waals surface area contributed by atoms with E-state index in [1.165, 1.54) is 12.1 Å². The van der Waals surface area contributed by atoms with Gasteiger partial charge in [-0.2, -0.15) is 0 Å². The minimum absolute atomic E-state index is 0.0508. The first-order valence-electron chi connectivity index (χ1n) is 8.79. The lowest BCUT2D eigenvalue weighted by atomic mass is 10.2. The van der Waals surface area contributed by atoms with Gasteiger partial charge >= 0.3 is 0 Å². The van der Waals surface area contributed by atoms with Gasteiger partial charge in [-0.3, -0.25) is 10.1 Å². The molecule has 1 N–H and O–H groups in total. The molecule has 0 unspecified atom stereocenters. The van der Waals surface area contributed by atoms with Crippen molar-refractivity contribution in [2.75, 3.05) is 12.4 Å². The molecule has 0 radical (unpaired) electrons. The standard InChI is InChI=1S/C21H17BrClIN2O4/c1-29-20-9-14(11-25-15-4-7-17(22)18(23)10-15)8-19(24)21(20)30-12-13-2-5-16(6-3-13)26(27)28/h2-10,25H,11-12H2,1H3. The number of anilines is 1. The van der Waals surface area contributed by atoms with Crippen LogP contribution in [-0.4, -0.2) is 12.0 Å². The third-order valence-corrected chi connectivity index (χ3v) is 6.27. The van der Waals surface area contributed by atoms with E-state index in [-0.39, 0.29) is 12.3 Å². The van der Waals surface area contributed by atoms with Crippen molar-refractivity contribution < 1.29 is 14.4 Å². The fourth-order valence-corrected chi connectivity index (χ4v) is 3.94. The van der Waals surface area contributed by atoms with Crippen LogP contribution in [0.4, 0.5) is 11.4 Å². The minimum Gasteiger partial charge on any atom is -0.493 e. The predicted octanol–water partition coefficient (Wildman–Crippen LogP) is 6.82. The maximum absolute atomic E-state index is 10.8. The third kappa shape index (κ3) is 5.77. The molecule has 0 saturated heterocycles. The van der Waals surface area contributed by atoms with E-state index in [9.17, 15) is 10.1 Å². The lowest BCUT2D eigenvalue weighted by Crippen LogP contribution is -2.04. The molecule has 6 nitrogen and oxygen atoms in total. The van der Waals surface area contributed by atoms with Gasteiger partial charge in [0.05, 0.1) is 20.6 Å². The molecule has 0 heterocycles. The van der Waals surface area contributed by atoms with Crippen molar-refractivity contribution in [3.63, 3.8) is 0 Å². The monoisotopic (exact) mass is 602 g/mol. The Morgan fingerprint density at radius 2 is 1.87 bits per heavy atom. The second kappa shape index (κ2) is 10.3. The minimum atomic E-state index is -0.425. The number of hydrogen-bond donors (Lipinski definition) is 1. The van der Waals surface area contributed by atoms with E-state index in [1.807, 2.05) is 30.3 Å². The van der Waals surface area contributed by atoms with Crippen molar-refractivity contribution in [1.82, 2.24) is 0 Å². The van der Waals surface area contributed by atoms with Crippen LogP contribution in [0.25, 0.3) is 0 Å². The molecule has 156 valence electrons. The summed E-state index contributed by atoms with van der Waals surface area (Å²) < 4.78 is 13.2. The molecule has 0 aliphatic heterocycles. The van der Waals surface area contributed by atoms with Gasteiger partial charge in [-0.15, -0.1) is 0 Å². The highest BCUT2D eigenvalue weighted by Gasteiger charge is 2.13. The maximum Gasteiger partial charge on any atom is 0.269 e. The van der Waals surface area contributed by atoms with Gasteiger partial charge in [0.1, 0.15) is 6.61 Å². The molecule has 0 saturated carbocycles. The number of nitro benzene ring substituents is 1. The Hall–Kier alpha value is -2.04. The summed E-state index contributed by atoms with van der Waals surface area (Å²) in [5, 5.41) is 14.8. The van der Waals surface area contributed by atoms with Crippen molar-refractivity contribution in [2.24, 2.45) is 0 Å². The zero-order valence-electron chi connectivity index (χ0n) is 15.8. The van der Waals surface area contributed by atoms with Crippen LogP contribution in [0.2, 0.25) is 5.02 Å². The highest BCUT2D eigenvalue weighted by Crippen LogP contribution is 2.35. The number of ether oxygens (including phenoxy) is 2. The highest BCUT2D eigenvalue weighted by atomic mass is 127. The molecule has 0 amide bonds. The molecule has 3 aromatic carbocycles. The molecule has 0 bridgehead atoms. The molecule has 0 aromatic heterocycles. The van der Waals surface area contributed by atoms with Gasteiger partial charge < -0.3 is 14.8 Å².